The lowest BCUT2D eigenvalue weighted by Gasteiger charge is -2.14. The van der Waals surface area contributed by atoms with Crippen LogP contribution in [0.4, 0.5) is 0 Å². The van der Waals surface area contributed by atoms with Crippen molar-refractivity contribution in [2.75, 3.05) is 72.5 Å². The van der Waals surface area contributed by atoms with E-state index in [1.165, 1.54) is 90.4 Å². The topological polar surface area (TPSA) is 296 Å². The predicted octanol–water partition coefficient (Wildman–Crippen LogP) is 5.52. The van der Waals surface area contributed by atoms with Gasteiger partial charge in [-0.25, -0.2) is 4.79 Å². The van der Waals surface area contributed by atoms with Gasteiger partial charge in [0.2, 0.25) is 17.7 Å². The molecule has 19 nitrogen and oxygen atoms in total. The lowest BCUT2D eigenvalue weighted by atomic mass is 9.92. The molecule has 0 fully saturated rings. The highest BCUT2D eigenvalue weighted by Gasteiger charge is 2.20. The molecule has 0 spiro atoms. The van der Waals surface area contributed by atoms with Crippen molar-refractivity contribution in [2.24, 2.45) is 11.7 Å². The molecular weight excluding hydrogens is 873 g/mol. The fourth-order valence-electron chi connectivity index (χ4n) is 6.79. The summed E-state index contributed by atoms with van der Waals surface area (Å²) in [6.07, 6.45) is 22.7. The normalized spacial score (nSPS) is 11.7. The summed E-state index contributed by atoms with van der Waals surface area (Å²) in [5.74, 6) is -4.91. The summed E-state index contributed by atoms with van der Waals surface area (Å²) in [6.45, 7) is 5.55. The van der Waals surface area contributed by atoms with Crippen molar-refractivity contribution in [2.45, 2.75) is 180 Å². The molecule has 0 aromatic rings. The van der Waals surface area contributed by atoms with Gasteiger partial charge in [-0.15, -0.1) is 0 Å². The quantitative estimate of drug-likeness (QED) is 0.0292. The van der Waals surface area contributed by atoms with E-state index in [1.807, 2.05) is 0 Å². The summed E-state index contributed by atoms with van der Waals surface area (Å²) in [5.41, 5.74) is 5.51. The van der Waals surface area contributed by atoms with Crippen molar-refractivity contribution < 1.29 is 72.6 Å². The van der Waals surface area contributed by atoms with E-state index in [0.29, 0.717) is 58.2 Å². The van der Waals surface area contributed by atoms with Gasteiger partial charge in [0.1, 0.15) is 37.2 Å². The number of nitrogens with one attached hydrogen (secondary N) is 3. The first-order valence-electron chi connectivity index (χ1n) is 24.8. The van der Waals surface area contributed by atoms with E-state index in [0.717, 1.165) is 12.8 Å². The Morgan fingerprint density at radius 1 is 0.507 bits per heavy atom. The van der Waals surface area contributed by atoms with E-state index in [9.17, 15) is 38.4 Å². The molecule has 1 unspecified atom stereocenters. The molecule has 2 atom stereocenters. The number of amides is 3. The smallest absolute Gasteiger partial charge is 0.326 e. The average molecular weight is 961 g/mol. The highest BCUT2D eigenvalue weighted by atomic mass is 16.5. The molecule has 0 aromatic heterocycles. The van der Waals surface area contributed by atoms with Gasteiger partial charge in [0, 0.05) is 51.8 Å². The number of carboxylic acid groups (broad SMARTS) is 3. The van der Waals surface area contributed by atoms with Crippen molar-refractivity contribution >= 4 is 47.2 Å². The molecule has 0 rings (SSSR count). The molecule has 19 heteroatoms. The Labute approximate surface area is 399 Å². The number of hydrogen-bond acceptors (Lipinski definition) is 13. The molecule has 0 aromatic carbocycles. The van der Waals surface area contributed by atoms with Gasteiger partial charge in [-0.2, -0.15) is 0 Å². The number of ketones is 2. The summed E-state index contributed by atoms with van der Waals surface area (Å²) >= 11 is 0. The molecule has 0 aliphatic carbocycles. The minimum atomic E-state index is -1.19. The highest BCUT2D eigenvalue weighted by Crippen LogP contribution is 2.16. The van der Waals surface area contributed by atoms with Crippen LogP contribution in [0.1, 0.15) is 174 Å². The number of Topliss-reactive ketones (excluding diaryl/α,β-unsaturated/α-hetero) is 2. The zero-order valence-electron chi connectivity index (χ0n) is 40.9. The second-order valence-electron chi connectivity index (χ2n) is 16.7. The van der Waals surface area contributed by atoms with Crippen LogP contribution in [-0.4, -0.2) is 141 Å². The standard InChI is InChI=1S/C30H52N4O13.C18H36O2/c1-22(35)34-25(30(42)43)8-7-24(36)6-4-13-44-15-17-46-21-28(39)33-12-14-45-16-18-47-20-27(38)32-11-3-2-5-23(9-10-31)26(37)19-29(40)41;1-2-3-4-5-6-7-8-9-10-11-12-13-14-15-16-17-18(19)20/h23,25H,2-21,31H2,1H3,(H,32,38)(H,33,39)(H,34,35)(H,40,41)(H,42,43);2-17H2,1H3,(H,19,20)/t23-,25?;/m1./s1. The summed E-state index contributed by atoms with van der Waals surface area (Å²) in [6, 6.07) is -1.09. The van der Waals surface area contributed by atoms with E-state index in [4.69, 9.17) is 40.0 Å². The third-order valence-electron chi connectivity index (χ3n) is 10.5. The third-order valence-corrected chi connectivity index (χ3v) is 10.5. The van der Waals surface area contributed by atoms with Crippen molar-refractivity contribution in [3.05, 3.63) is 0 Å². The van der Waals surface area contributed by atoms with Gasteiger partial charge in [-0.05, 0) is 45.1 Å². The first-order chi connectivity index (χ1) is 32.2. The maximum atomic E-state index is 11.9. The average Bonchev–Trinajstić information content (AvgIpc) is 3.27. The molecule has 0 saturated heterocycles. The maximum absolute atomic E-state index is 11.9. The number of rotatable bonds is 48. The van der Waals surface area contributed by atoms with Crippen LogP contribution in [0.5, 0.6) is 0 Å². The first-order valence-corrected chi connectivity index (χ1v) is 24.8. The van der Waals surface area contributed by atoms with Crippen molar-refractivity contribution in [3.8, 4) is 0 Å². The third kappa shape index (κ3) is 49.7. The Morgan fingerprint density at radius 2 is 1.01 bits per heavy atom. The summed E-state index contributed by atoms with van der Waals surface area (Å²) < 4.78 is 21.2. The van der Waals surface area contributed by atoms with E-state index < -0.39 is 36.3 Å². The van der Waals surface area contributed by atoms with Crippen molar-refractivity contribution in [3.63, 3.8) is 0 Å². The number of aliphatic carboxylic acids is 3. The van der Waals surface area contributed by atoms with E-state index >= 15 is 0 Å². The molecule has 0 saturated carbocycles. The second kappa shape index (κ2) is 48.4. The number of hydrogen-bond donors (Lipinski definition) is 7. The number of nitrogens with two attached hydrogens (primary N) is 1. The minimum Gasteiger partial charge on any atom is -0.481 e. The highest BCUT2D eigenvalue weighted by molar-refractivity contribution is 5.96. The molecule has 3 amide bonds. The van der Waals surface area contributed by atoms with Crippen LogP contribution in [0, 0.1) is 5.92 Å². The molecule has 0 aliphatic heterocycles. The Bertz CT molecular complexity index is 1320. The van der Waals surface area contributed by atoms with E-state index in [1.54, 1.807) is 0 Å². The van der Waals surface area contributed by atoms with Crippen LogP contribution >= 0.6 is 0 Å². The van der Waals surface area contributed by atoms with Crippen LogP contribution in [0.2, 0.25) is 0 Å². The molecule has 67 heavy (non-hydrogen) atoms. The number of carboxylic acids is 3. The number of carbonyl (C=O) groups is 8. The van der Waals surface area contributed by atoms with Gasteiger partial charge in [0.05, 0.1) is 33.0 Å². The van der Waals surface area contributed by atoms with Crippen molar-refractivity contribution in [1.82, 2.24) is 16.0 Å². The molecule has 0 heterocycles. The SMILES string of the molecule is CC(=O)NC(CCC(=O)CCCOCCOCC(=O)NCCOCCOCC(=O)NCCCC[C@H](CCN)C(=O)CC(=O)O)C(=O)O.CCCCCCCCCCCCCCCCCC(=O)O. The Morgan fingerprint density at radius 3 is 1.51 bits per heavy atom. The lowest BCUT2D eigenvalue weighted by Crippen LogP contribution is -2.39. The van der Waals surface area contributed by atoms with Crippen LogP contribution in [-0.2, 0) is 57.3 Å². The molecule has 0 radical (unpaired) electrons. The summed E-state index contributed by atoms with van der Waals surface area (Å²) in [4.78, 5) is 90.6. The summed E-state index contributed by atoms with van der Waals surface area (Å²) in [7, 11) is 0. The van der Waals surface area contributed by atoms with Gasteiger partial charge in [0.15, 0.2) is 0 Å². The molecular formula is C48H88N4O15. The largest absolute Gasteiger partial charge is 0.481 e. The van der Waals surface area contributed by atoms with Gasteiger partial charge >= 0.3 is 17.9 Å². The number of ether oxygens (including phenoxy) is 4. The molecule has 8 N–H and O–H groups in total. The lowest BCUT2D eigenvalue weighted by molar-refractivity contribution is -0.142. The first kappa shape index (κ1) is 65.0. The summed E-state index contributed by atoms with van der Waals surface area (Å²) in [5, 5.41) is 34.0. The van der Waals surface area contributed by atoms with Gasteiger partial charge in [-0.3, -0.25) is 33.6 Å². The monoisotopic (exact) mass is 961 g/mol. The van der Waals surface area contributed by atoms with Crippen molar-refractivity contribution in [1.29, 1.82) is 0 Å². The van der Waals surface area contributed by atoms with Gasteiger partial charge in [-0.1, -0.05) is 103 Å². The second-order valence-corrected chi connectivity index (χ2v) is 16.7. The van der Waals surface area contributed by atoms with Gasteiger partial charge < -0.3 is 56.0 Å². The van der Waals surface area contributed by atoms with E-state index in [-0.39, 0.29) is 101 Å². The Kier molecular flexibility index (Phi) is 47.0. The van der Waals surface area contributed by atoms with Gasteiger partial charge in [0.25, 0.3) is 0 Å². The molecule has 390 valence electrons. The Balaban J connectivity index is 0. The predicted molar refractivity (Wildman–Crippen MR) is 253 cm³/mol. The fraction of sp³-hybridized carbons (Fsp3) is 0.833. The zero-order valence-corrected chi connectivity index (χ0v) is 40.9. The molecule has 0 bridgehead atoms. The van der Waals surface area contributed by atoms with Crippen LogP contribution < -0.4 is 21.7 Å². The maximum Gasteiger partial charge on any atom is 0.326 e. The van der Waals surface area contributed by atoms with Crippen LogP contribution in [0.3, 0.4) is 0 Å². The number of unbranched alkanes of at least 4 members (excludes halogenated alkanes) is 15. The fourth-order valence-corrected chi connectivity index (χ4v) is 6.79. The molecule has 0 aliphatic rings. The zero-order chi connectivity index (χ0) is 50.2. The Hall–Kier alpha value is -4.04. The minimum absolute atomic E-state index is 0.0269. The van der Waals surface area contributed by atoms with Crippen LogP contribution in [0.25, 0.3) is 0 Å². The number of carbonyl (C=O) groups excluding carboxylic acids is 5. The van der Waals surface area contributed by atoms with Crippen LogP contribution in [0.15, 0.2) is 0 Å². The van der Waals surface area contributed by atoms with E-state index in [2.05, 4.69) is 22.9 Å².